The minimum atomic E-state index is 0.823. The smallest absolute Gasteiger partial charge is 0.143 e. The second-order valence-corrected chi connectivity index (χ2v) is 12.5. The summed E-state index contributed by atoms with van der Waals surface area (Å²) < 4.78 is 7.06. The van der Waals surface area contributed by atoms with E-state index in [-0.39, 0.29) is 0 Å². The van der Waals surface area contributed by atoms with Crippen LogP contribution in [0.2, 0.25) is 0 Å². The number of anilines is 3. The molecule has 0 saturated carbocycles. The first-order valence-corrected chi connectivity index (χ1v) is 17.0. The van der Waals surface area contributed by atoms with E-state index < -0.39 is 0 Å². The minimum Gasteiger partial charge on any atom is -0.455 e. The van der Waals surface area contributed by atoms with E-state index in [9.17, 15) is 0 Å². The van der Waals surface area contributed by atoms with Gasteiger partial charge in [0.15, 0.2) is 0 Å². The molecule has 8 aromatic rings. The highest BCUT2D eigenvalue weighted by Crippen LogP contribution is 2.54. The average Bonchev–Trinajstić information content (AvgIpc) is 3.34. The fourth-order valence-corrected chi connectivity index (χ4v) is 7.11. The van der Waals surface area contributed by atoms with Crippen molar-refractivity contribution in [1.82, 2.24) is 0 Å². The van der Waals surface area contributed by atoms with E-state index in [4.69, 9.17) is 4.74 Å². The number of ether oxygens (including phenoxy) is 1. The molecule has 1 aliphatic heterocycles. The van der Waals surface area contributed by atoms with Crippen molar-refractivity contribution in [3.63, 3.8) is 0 Å². The van der Waals surface area contributed by atoms with Gasteiger partial charge in [-0.1, -0.05) is 164 Å². The molecule has 0 amide bonds. The molecule has 9 rings (SSSR count). The Kier molecular flexibility index (Phi) is 7.53. The molecule has 0 fully saturated rings. The molecule has 0 bridgehead atoms. The summed E-state index contributed by atoms with van der Waals surface area (Å²) in [5.41, 5.74) is 14.5. The highest BCUT2D eigenvalue weighted by Gasteiger charge is 2.28. The van der Waals surface area contributed by atoms with E-state index in [0.717, 1.165) is 61.9 Å². The van der Waals surface area contributed by atoms with E-state index in [0.29, 0.717) is 0 Å². The monoisotopic (exact) mass is 639 g/mol. The molecule has 2 nitrogen and oxygen atoms in total. The standard InChI is InChI=1S/C48H33NO/c1-4-14-34(15-5-1)36-26-30-39(31-27-36)49(40-32-28-37(29-33-40)35-16-6-2-7-17-35)45-24-13-25-46-47(45)43-21-11-10-20-42(43)44-23-12-22-41(48(44)50-46)38-18-8-3-9-19-38/h1-33H. The van der Waals surface area contributed by atoms with Gasteiger partial charge in [0, 0.05) is 28.1 Å². The number of nitrogens with zero attached hydrogens (tertiary/aromatic N) is 1. The normalized spacial score (nSPS) is 11.4. The lowest BCUT2D eigenvalue weighted by molar-refractivity contribution is 0.489. The Morgan fingerprint density at radius 2 is 0.740 bits per heavy atom. The summed E-state index contributed by atoms with van der Waals surface area (Å²) in [6.45, 7) is 0. The predicted molar refractivity (Wildman–Crippen MR) is 208 cm³/mol. The van der Waals surface area contributed by atoms with Gasteiger partial charge in [0.2, 0.25) is 0 Å². The number of hydrogen-bond acceptors (Lipinski definition) is 2. The molecular formula is C48H33NO. The van der Waals surface area contributed by atoms with E-state index in [2.05, 4.69) is 205 Å². The number of benzene rings is 8. The Morgan fingerprint density at radius 1 is 0.300 bits per heavy atom. The van der Waals surface area contributed by atoms with Crippen LogP contribution in [0.3, 0.4) is 0 Å². The molecule has 50 heavy (non-hydrogen) atoms. The Labute approximate surface area is 293 Å². The second-order valence-electron chi connectivity index (χ2n) is 12.5. The lowest BCUT2D eigenvalue weighted by Crippen LogP contribution is -2.11. The van der Waals surface area contributed by atoms with Crippen LogP contribution in [-0.4, -0.2) is 0 Å². The number of fused-ring (bicyclic) bond motifs is 5. The van der Waals surface area contributed by atoms with Crippen LogP contribution >= 0.6 is 0 Å². The second kappa shape index (κ2) is 12.8. The van der Waals surface area contributed by atoms with Gasteiger partial charge in [0.05, 0.1) is 5.69 Å². The van der Waals surface area contributed by atoms with Gasteiger partial charge in [0.25, 0.3) is 0 Å². The molecule has 2 heteroatoms. The Balaban J connectivity index is 1.24. The zero-order chi connectivity index (χ0) is 33.3. The third-order valence-electron chi connectivity index (χ3n) is 9.51. The topological polar surface area (TPSA) is 12.5 Å². The van der Waals surface area contributed by atoms with Crippen molar-refractivity contribution >= 4 is 17.1 Å². The third-order valence-corrected chi connectivity index (χ3v) is 9.51. The van der Waals surface area contributed by atoms with Gasteiger partial charge in [-0.15, -0.1) is 0 Å². The number of para-hydroxylation sites is 1. The van der Waals surface area contributed by atoms with Gasteiger partial charge in [-0.3, -0.25) is 0 Å². The number of rotatable bonds is 6. The summed E-state index contributed by atoms with van der Waals surface area (Å²) in [5, 5.41) is 0. The zero-order valence-electron chi connectivity index (χ0n) is 27.4. The summed E-state index contributed by atoms with van der Waals surface area (Å²) in [6.07, 6.45) is 0. The van der Waals surface area contributed by atoms with Crippen LogP contribution in [0.15, 0.2) is 200 Å². The molecule has 0 aromatic heterocycles. The maximum atomic E-state index is 7.06. The van der Waals surface area contributed by atoms with Crippen LogP contribution in [0, 0.1) is 0 Å². The molecule has 1 aliphatic rings. The Morgan fingerprint density at radius 3 is 1.32 bits per heavy atom. The van der Waals surface area contributed by atoms with E-state index in [1.807, 2.05) is 0 Å². The van der Waals surface area contributed by atoms with Crippen LogP contribution in [0.5, 0.6) is 11.5 Å². The van der Waals surface area contributed by atoms with Crippen molar-refractivity contribution in [1.29, 1.82) is 0 Å². The molecule has 0 aliphatic carbocycles. The van der Waals surface area contributed by atoms with Crippen LogP contribution in [0.1, 0.15) is 0 Å². The van der Waals surface area contributed by atoms with Crippen molar-refractivity contribution in [2.24, 2.45) is 0 Å². The quantitative estimate of drug-likeness (QED) is 0.179. The zero-order valence-corrected chi connectivity index (χ0v) is 27.4. The lowest BCUT2D eigenvalue weighted by atomic mass is 9.91. The molecule has 236 valence electrons. The Bertz CT molecular complexity index is 2330. The first-order chi connectivity index (χ1) is 24.8. The van der Waals surface area contributed by atoms with E-state index >= 15 is 0 Å². The van der Waals surface area contributed by atoms with Crippen molar-refractivity contribution in [2.45, 2.75) is 0 Å². The highest BCUT2D eigenvalue weighted by atomic mass is 16.5. The molecule has 8 aromatic carbocycles. The maximum Gasteiger partial charge on any atom is 0.143 e. The minimum absolute atomic E-state index is 0.823. The molecule has 0 saturated heterocycles. The first kappa shape index (κ1) is 29.5. The largest absolute Gasteiger partial charge is 0.455 e. The van der Waals surface area contributed by atoms with Crippen molar-refractivity contribution in [3.8, 4) is 67.1 Å². The molecule has 0 radical (unpaired) electrons. The highest BCUT2D eigenvalue weighted by molar-refractivity contribution is 6.00. The van der Waals surface area contributed by atoms with Crippen molar-refractivity contribution in [2.75, 3.05) is 4.90 Å². The van der Waals surface area contributed by atoms with Crippen LogP contribution in [0.25, 0.3) is 55.6 Å². The summed E-state index contributed by atoms with van der Waals surface area (Å²) in [4.78, 5) is 2.36. The van der Waals surface area contributed by atoms with E-state index in [1.165, 1.54) is 22.3 Å². The molecular weight excluding hydrogens is 607 g/mol. The molecule has 0 spiro atoms. The number of hydrogen-bond donors (Lipinski definition) is 0. The fraction of sp³-hybridized carbons (Fsp3) is 0. The SMILES string of the molecule is c1ccc(-c2ccc(N(c3ccc(-c4ccccc4)cc3)c3cccc4c3-c3ccccc3-c3cccc(-c5ccccc5)c3O4)cc2)cc1. The summed E-state index contributed by atoms with van der Waals surface area (Å²) in [5.74, 6) is 1.69. The van der Waals surface area contributed by atoms with Gasteiger partial charge in [-0.25, -0.2) is 0 Å². The average molecular weight is 640 g/mol. The van der Waals surface area contributed by atoms with Gasteiger partial charge >= 0.3 is 0 Å². The van der Waals surface area contributed by atoms with Crippen LogP contribution < -0.4 is 9.64 Å². The molecule has 0 atom stereocenters. The first-order valence-electron chi connectivity index (χ1n) is 17.0. The summed E-state index contributed by atoms with van der Waals surface area (Å²) in [6, 6.07) is 70.9. The van der Waals surface area contributed by atoms with Crippen molar-refractivity contribution < 1.29 is 4.74 Å². The van der Waals surface area contributed by atoms with Gasteiger partial charge in [-0.05, 0) is 75.3 Å². The van der Waals surface area contributed by atoms with Gasteiger partial charge in [-0.2, -0.15) is 0 Å². The predicted octanol–water partition coefficient (Wildman–Crippen LogP) is 13.6. The molecule has 0 unspecified atom stereocenters. The van der Waals surface area contributed by atoms with Crippen LogP contribution in [-0.2, 0) is 0 Å². The molecule has 0 N–H and O–H groups in total. The van der Waals surface area contributed by atoms with Gasteiger partial charge < -0.3 is 9.64 Å². The maximum absolute atomic E-state index is 7.06. The van der Waals surface area contributed by atoms with Crippen LogP contribution in [0.4, 0.5) is 17.1 Å². The Hall–Kier alpha value is -6.64. The van der Waals surface area contributed by atoms with E-state index in [1.54, 1.807) is 0 Å². The third kappa shape index (κ3) is 5.34. The van der Waals surface area contributed by atoms with Crippen molar-refractivity contribution in [3.05, 3.63) is 200 Å². The summed E-state index contributed by atoms with van der Waals surface area (Å²) >= 11 is 0. The fourth-order valence-electron chi connectivity index (χ4n) is 7.11. The lowest BCUT2D eigenvalue weighted by Gasteiger charge is -2.29. The van der Waals surface area contributed by atoms with Gasteiger partial charge in [0.1, 0.15) is 11.5 Å². The molecule has 1 heterocycles. The summed E-state index contributed by atoms with van der Waals surface area (Å²) in [7, 11) is 0.